The van der Waals surface area contributed by atoms with Crippen molar-refractivity contribution in [1.82, 2.24) is 0 Å². The van der Waals surface area contributed by atoms with E-state index in [4.69, 9.17) is 0 Å². The highest BCUT2D eigenvalue weighted by Crippen LogP contribution is 2.22. The molecule has 2 aromatic carbocycles. The number of nitrogens with one attached hydrogen (secondary N) is 1. The van der Waals surface area contributed by atoms with Gasteiger partial charge in [0.25, 0.3) is 5.69 Å². The van der Waals surface area contributed by atoms with Crippen molar-refractivity contribution in [2.45, 2.75) is 12.3 Å². The molecule has 0 saturated carbocycles. The third-order valence-corrected chi connectivity index (χ3v) is 3.93. The molecule has 0 unspecified atom stereocenters. The zero-order valence-corrected chi connectivity index (χ0v) is 12.8. The van der Waals surface area contributed by atoms with Crippen LogP contribution < -0.4 is 5.32 Å². The van der Waals surface area contributed by atoms with Gasteiger partial charge >= 0.3 is 0 Å². The van der Waals surface area contributed by atoms with Gasteiger partial charge in [-0.2, -0.15) is 0 Å². The molecule has 2 aromatic rings. The Hall–Kier alpha value is -2.41. The molecule has 0 fully saturated rings. The number of nitrogens with zero attached hydrogens (tertiary/aromatic N) is 1. The molecular formula is C15H16N2O4S. The Labute approximate surface area is 128 Å². The maximum absolute atomic E-state index is 11.5. The molecule has 0 amide bonds. The van der Waals surface area contributed by atoms with E-state index in [0.717, 1.165) is 0 Å². The van der Waals surface area contributed by atoms with Crippen LogP contribution in [-0.2, 0) is 22.1 Å². The molecule has 0 atom stereocenters. The predicted molar refractivity (Wildman–Crippen MR) is 85.4 cm³/mol. The lowest BCUT2D eigenvalue weighted by atomic mass is 10.1. The summed E-state index contributed by atoms with van der Waals surface area (Å²) in [5.41, 5.74) is 1.88. The van der Waals surface area contributed by atoms with Gasteiger partial charge in [0.2, 0.25) is 0 Å². The second-order valence-corrected chi connectivity index (χ2v) is 7.11. The van der Waals surface area contributed by atoms with Gasteiger partial charge in [0.15, 0.2) is 9.84 Å². The van der Waals surface area contributed by atoms with Gasteiger partial charge in [-0.3, -0.25) is 10.1 Å². The van der Waals surface area contributed by atoms with Crippen LogP contribution in [0.25, 0.3) is 0 Å². The Balaban J connectivity index is 2.21. The molecule has 22 heavy (non-hydrogen) atoms. The van der Waals surface area contributed by atoms with E-state index in [1.807, 2.05) is 0 Å². The highest BCUT2D eigenvalue weighted by Gasteiger charge is 2.13. The third-order valence-electron chi connectivity index (χ3n) is 3.09. The number of para-hydroxylation sites is 2. The van der Waals surface area contributed by atoms with Crippen molar-refractivity contribution < 1.29 is 13.3 Å². The number of nitro benzene ring substituents is 1. The number of anilines is 1. The van der Waals surface area contributed by atoms with E-state index >= 15 is 0 Å². The maximum Gasteiger partial charge on any atom is 0.274 e. The molecular weight excluding hydrogens is 304 g/mol. The van der Waals surface area contributed by atoms with Gasteiger partial charge in [0.1, 0.15) is 0 Å². The molecule has 0 aliphatic rings. The second-order valence-electron chi connectivity index (χ2n) is 4.97. The molecule has 0 aliphatic heterocycles. The zero-order chi connectivity index (χ0) is 16.2. The summed E-state index contributed by atoms with van der Waals surface area (Å²) in [6.07, 6.45) is 1.17. The normalized spacial score (nSPS) is 11.1. The topological polar surface area (TPSA) is 89.3 Å². The second kappa shape index (κ2) is 6.57. The van der Waals surface area contributed by atoms with Crippen molar-refractivity contribution in [2.24, 2.45) is 0 Å². The summed E-state index contributed by atoms with van der Waals surface area (Å²) in [5, 5.41) is 14.1. The Morgan fingerprint density at radius 3 is 2.27 bits per heavy atom. The SMILES string of the molecule is CS(=O)(=O)Cc1ccccc1NCc1ccccc1[N+](=O)[O-]. The largest absolute Gasteiger partial charge is 0.380 e. The number of hydrogen-bond acceptors (Lipinski definition) is 5. The molecule has 0 aliphatic carbocycles. The molecule has 0 aromatic heterocycles. The van der Waals surface area contributed by atoms with Crippen molar-refractivity contribution in [3.8, 4) is 0 Å². The van der Waals surface area contributed by atoms with E-state index in [2.05, 4.69) is 5.32 Å². The average Bonchev–Trinajstić information content (AvgIpc) is 2.45. The molecule has 116 valence electrons. The van der Waals surface area contributed by atoms with Crippen LogP contribution in [0.4, 0.5) is 11.4 Å². The fourth-order valence-electron chi connectivity index (χ4n) is 2.13. The zero-order valence-electron chi connectivity index (χ0n) is 12.0. The molecule has 0 radical (unpaired) electrons. The summed E-state index contributed by atoms with van der Waals surface area (Å²) in [6, 6.07) is 13.5. The summed E-state index contributed by atoms with van der Waals surface area (Å²) in [6.45, 7) is 0.248. The van der Waals surface area contributed by atoms with Crippen molar-refractivity contribution in [3.63, 3.8) is 0 Å². The highest BCUT2D eigenvalue weighted by molar-refractivity contribution is 7.89. The Morgan fingerprint density at radius 1 is 1.05 bits per heavy atom. The third kappa shape index (κ3) is 4.29. The molecule has 0 spiro atoms. The minimum Gasteiger partial charge on any atom is -0.380 e. The van der Waals surface area contributed by atoms with Crippen LogP contribution in [0, 0.1) is 10.1 Å². The Kier molecular flexibility index (Phi) is 4.77. The maximum atomic E-state index is 11.5. The Bertz CT molecular complexity index is 788. The van der Waals surface area contributed by atoms with Gasteiger partial charge in [-0.15, -0.1) is 0 Å². The number of nitro groups is 1. The molecule has 0 saturated heterocycles. The minimum atomic E-state index is -3.15. The lowest BCUT2D eigenvalue weighted by Gasteiger charge is -2.11. The molecule has 1 N–H and O–H groups in total. The summed E-state index contributed by atoms with van der Waals surface area (Å²) in [4.78, 5) is 10.6. The van der Waals surface area contributed by atoms with E-state index in [0.29, 0.717) is 16.8 Å². The van der Waals surface area contributed by atoms with Crippen LogP contribution in [0.1, 0.15) is 11.1 Å². The summed E-state index contributed by atoms with van der Waals surface area (Å²) < 4.78 is 22.9. The first-order valence-corrected chi connectivity index (χ1v) is 8.64. The average molecular weight is 320 g/mol. The van der Waals surface area contributed by atoms with E-state index in [1.165, 1.54) is 12.3 Å². The Morgan fingerprint density at radius 2 is 1.64 bits per heavy atom. The monoisotopic (exact) mass is 320 g/mol. The first-order valence-electron chi connectivity index (χ1n) is 6.58. The number of hydrogen-bond donors (Lipinski definition) is 1. The van der Waals surface area contributed by atoms with E-state index < -0.39 is 14.8 Å². The first-order chi connectivity index (χ1) is 10.4. The van der Waals surface area contributed by atoms with Crippen LogP contribution in [0.2, 0.25) is 0 Å². The lowest BCUT2D eigenvalue weighted by Crippen LogP contribution is -2.07. The van der Waals surface area contributed by atoms with Crippen LogP contribution in [0.5, 0.6) is 0 Å². The van der Waals surface area contributed by atoms with Crippen LogP contribution >= 0.6 is 0 Å². The van der Waals surface area contributed by atoms with Crippen molar-refractivity contribution >= 4 is 21.2 Å². The molecule has 0 bridgehead atoms. The molecule has 2 rings (SSSR count). The lowest BCUT2D eigenvalue weighted by molar-refractivity contribution is -0.385. The molecule has 7 heteroatoms. The summed E-state index contributed by atoms with van der Waals surface area (Å²) in [5.74, 6) is -0.0763. The molecule has 6 nitrogen and oxygen atoms in total. The standard InChI is InChI=1S/C15H16N2O4S/c1-22(20,21)11-13-7-2-4-8-14(13)16-10-12-6-3-5-9-15(12)17(18)19/h2-9,16H,10-11H2,1H3. The van der Waals surface area contributed by atoms with Gasteiger partial charge in [-0.05, 0) is 11.6 Å². The van der Waals surface area contributed by atoms with Gasteiger partial charge < -0.3 is 5.32 Å². The number of benzene rings is 2. The quantitative estimate of drug-likeness (QED) is 0.653. The number of rotatable bonds is 6. The van der Waals surface area contributed by atoms with Crippen LogP contribution in [-0.4, -0.2) is 19.6 Å². The predicted octanol–water partition coefficient (Wildman–Crippen LogP) is 2.75. The fraction of sp³-hybridized carbons (Fsp3) is 0.200. The first kappa shape index (κ1) is 16.0. The summed E-state index contributed by atoms with van der Waals surface area (Å²) >= 11 is 0. The van der Waals surface area contributed by atoms with Gasteiger partial charge in [0, 0.05) is 30.1 Å². The fourth-order valence-corrected chi connectivity index (χ4v) is 2.95. The van der Waals surface area contributed by atoms with E-state index in [9.17, 15) is 18.5 Å². The van der Waals surface area contributed by atoms with Gasteiger partial charge in [-0.25, -0.2) is 8.42 Å². The van der Waals surface area contributed by atoms with Gasteiger partial charge in [-0.1, -0.05) is 36.4 Å². The molecule has 0 heterocycles. The van der Waals surface area contributed by atoms with Crippen LogP contribution in [0.15, 0.2) is 48.5 Å². The smallest absolute Gasteiger partial charge is 0.274 e. The minimum absolute atomic E-state index is 0.0376. The van der Waals surface area contributed by atoms with E-state index in [1.54, 1.807) is 42.5 Å². The van der Waals surface area contributed by atoms with E-state index in [-0.39, 0.29) is 18.0 Å². The van der Waals surface area contributed by atoms with Crippen molar-refractivity contribution in [2.75, 3.05) is 11.6 Å². The number of sulfone groups is 1. The van der Waals surface area contributed by atoms with Crippen molar-refractivity contribution in [1.29, 1.82) is 0 Å². The highest BCUT2D eigenvalue weighted by atomic mass is 32.2. The van der Waals surface area contributed by atoms with Crippen LogP contribution in [0.3, 0.4) is 0 Å². The van der Waals surface area contributed by atoms with Crippen molar-refractivity contribution in [3.05, 3.63) is 69.8 Å². The summed E-state index contributed by atoms with van der Waals surface area (Å²) in [7, 11) is -3.15. The van der Waals surface area contributed by atoms with Gasteiger partial charge in [0.05, 0.1) is 10.7 Å².